The van der Waals surface area contributed by atoms with Gasteiger partial charge in [0.25, 0.3) is 0 Å². The SMILES string of the molecule is CCC(=O)O[C@@H](C(Cl)(Cl)Cl)P(=O)(O)O. The zero-order valence-corrected chi connectivity index (χ0v) is 10.1. The van der Waals surface area contributed by atoms with Crippen LogP contribution in [0.1, 0.15) is 13.3 Å². The Bertz CT molecular complexity index is 257. The number of esters is 1. The molecule has 2 N–H and O–H groups in total. The van der Waals surface area contributed by atoms with E-state index in [-0.39, 0.29) is 6.42 Å². The minimum absolute atomic E-state index is 0.0722. The summed E-state index contributed by atoms with van der Waals surface area (Å²) in [7, 11) is -4.80. The third-order valence-corrected chi connectivity index (χ3v) is 3.27. The number of hydrogen-bond donors (Lipinski definition) is 2. The first kappa shape index (κ1) is 14.5. The van der Waals surface area contributed by atoms with Crippen LogP contribution < -0.4 is 0 Å². The van der Waals surface area contributed by atoms with E-state index in [0.717, 1.165) is 0 Å². The van der Waals surface area contributed by atoms with Crippen LogP contribution in [0.15, 0.2) is 0 Å². The van der Waals surface area contributed by atoms with Crippen molar-refractivity contribution in [3.8, 4) is 0 Å². The van der Waals surface area contributed by atoms with Gasteiger partial charge in [0, 0.05) is 6.42 Å². The van der Waals surface area contributed by atoms with E-state index in [1.165, 1.54) is 6.92 Å². The molecular weight excluding hydrogens is 277 g/mol. The fourth-order valence-corrected chi connectivity index (χ4v) is 2.45. The lowest BCUT2D eigenvalue weighted by molar-refractivity contribution is -0.145. The summed E-state index contributed by atoms with van der Waals surface area (Å²) < 4.78 is 12.8. The van der Waals surface area contributed by atoms with E-state index in [1.54, 1.807) is 0 Å². The molecule has 5 nitrogen and oxygen atoms in total. The van der Waals surface area contributed by atoms with Crippen molar-refractivity contribution >= 4 is 48.4 Å². The highest BCUT2D eigenvalue weighted by molar-refractivity contribution is 7.53. The summed E-state index contributed by atoms with van der Waals surface area (Å²) in [4.78, 5) is 28.3. The predicted octanol–water partition coefficient (Wildman–Crippen LogP) is 1.81. The Hall–Kier alpha value is 0.490. The van der Waals surface area contributed by atoms with Crippen molar-refractivity contribution in [2.75, 3.05) is 0 Å². The number of carbonyl (C=O) groups excluding carboxylic acids is 1. The number of alkyl halides is 3. The molecular formula is C5H8Cl3O5P. The molecule has 1 atom stereocenters. The maximum atomic E-state index is 10.8. The van der Waals surface area contributed by atoms with E-state index < -0.39 is 23.2 Å². The Morgan fingerprint density at radius 2 is 1.93 bits per heavy atom. The largest absolute Gasteiger partial charge is 0.445 e. The standard InChI is InChI=1S/C5H8Cl3O5P/c1-2-3(9)13-4(5(6,7)8)14(10,11)12/h4H,2H2,1H3,(H2,10,11,12)/t4-/m1/s1. The summed E-state index contributed by atoms with van der Waals surface area (Å²) in [6.45, 7) is 1.44. The van der Waals surface area contributed by atoms with E-state index in [9.17, 15) is 9.36 Å². The third kappa shape index (κ3) is 4.82. The topological polar surface area (TPSA) is 83.8 Å². The molecule has 0 bridgehead atoms. The Morgan fingerprint density at radius 1 is 1.50 bits per heavy atom. The normalized spacial score (nSPS) is 15.0. The van der Waals surface area contributed by atoms with Gasteiger partial charge in [0.15, 0.2) is 0 Å². The van der Waals surface area contributed by atoms with Crippen LogP contribution in [-0.2, 0) is 14.1 Å². The molecule has 0 aromatic carbocycles. The molecule has 0 heterocycles. The predicted molar refractivity (Wildman–Crippen MR) is 52.5 cm³/mol. The molecule has 0 amide bonds. The molecule has 0 rings (SSSR count). The number of carbonyl (C=O) groups is 1. The fourth-order valence-electron chi connectivity index (χ4n) is 0.534. The second kappa shape index (κ2) is 5.01. The van der Waals surface area contributed by atoms with Gasteiger partial charge in [0.1, 0.15) is 0 Å². The maximum Gasteiger partial charge on any atom is 0.370 e. The molecule has 0 spiro atoms. The zero-order chi connectivity index (χ0) is 11.6. The lowest BCUT2D eigenvalue weighted by Gasteiger charge is -2.24. The van der Waals surface area contributed by atoms with Gasteiger partial charge in [-0.25, -0.2) is 0 Å². The number of ether oxygens (including phenoxy) is 1. The lowest BCUT2D eigenvalue weighted by Crippen LogP contribution is -2.31. The smallest absolute Gasteiger partial charge is 0.370 e. The molecule has 0 radical (unpaired) electrons. The Morgan fingerprint density at radius 3 is 2.14 bits per heavy atom. The second-order valence-electron chi connectivity index (χ2n) is 2.33. The summed E-state index contributed by atoms with van der Waals surface area (Å²) in [6.07, 6.45) is -0.0722. The molecule has 0 aliphatic heterocycles. The Balaban J connectivity index is 4.77. The first-order chi connectivity index (χ1) is 6.09. The molecule has 0 aromatic rings. The second-order valence-corrected chi connectivity index (χ2v) is 6.34. The van der Waals surface area contributed by atoms with Crippen LogP contribution in [0.25, 0.3) is 0 Å². The van der Waals surface area contributed by atoms with Crippen molar-refractivity contribution in [1.82, 2.24) is 0 Å². The van der Waals surface area contributed by atoms with Crippen LogP contribution in [-0.4, -0.2) is 25.4 Å². The van der Waals surface area contributed by atoms with Gasteiger partial charge in [-0.2, -0.15) is 0 Å². The summed E-state index contributed by atoms with van der Waals surface area (Å²) in [5, 5.41) is 0. The van der Waals surface area contributed by atoms with Crippen LogP contribution in [0, 0.1) is 0 Å². The van der Waals surface area contributed by atoms with Crippen molar-refractivity contribution in [1.29, 1.82) is 0 Å². The highest BCUT2D eigenvalue weighted by atomic mass is 35.6. The lowest BCUT2D eigenvalue weighted by atomic mass is 10.5. The molecule has 9 heteroatoms. The summed E-state index contributed by atoms with van der Waals surface area (Å²) in [5.74, 6) is -2.93. The average molecular weight is 285 g/mol. The monoisotopic (exact) mass is 284 g/mol. The van der Waals surface area contributed by atoms with Crippen LogP contribution in [0.2, 0.25) is 0 Å². The summed E-state index contributed by atoms with van der Waals surface area (Å²) >= 11 is 15.7. The van der Waals surface area contributed by atoms with Crippen molar-refractivity contribution < 1.29 is 23.9 Å². The van der Waals surface area contributed by atoms with Crippen molar-refractivity contribution in [3.05, 3.63) is 0 Å². The Kier molecular flexibility index (Phi) is 5.19. The molecule has 0 aromatic heterocycles. The zero-order valence-electron chi connectivity index (χ0n) is 6.98. The minimum Gasteiger partial charge on any atom is -0.445 e. The van der Waals surface area contributed by atoms with Gasteiger partial charge < -0.3 is 14.5 Å². The van der Waals surface area contributed by atoms with Crippen molar-refractivity contribution in [2.45, 2.75) is 23.0 Å². The van der Waals surface area contributed by atoms with E-state index in [4.69, 9.17) is 44.6 Å². The van der Waals surface area contributed by atoms with Crippen LogP contribution in [0.4, 0.5) is 0 Å². The van der Waals surface area contributed by atoms with Gasteiger partial charge in [-0.05, 0) is 0 Å². The molecule has 0 unspecified atom stereocenters. The van der Waals surface area contributed by atoms with Gasteiger partial charge >= 0.3 is 13.6 Å². The molecule has 0 aliphatic carbocycles. The van der Waals surface area contributed by atoms with Gasteiger partial charge in [0.2, 0.25) is 9.64 Å². The van der Waals surface area contributed by atoms with E-state index in [0.29, 0.717) is 0 Å². The summed E-state index contributed by atoms with van der Waals surface area (Å²) in [5.41, 5.74) is 0. The van der Waals surface area contributed by atoms with Crippen molar-refractivity contribution in [3.63, 3.8) is 0 Å². The molecule has 84 valence electrons. The molecule has 14 heavy (non-hydrogen) atoms. The first-order valence-electron chi connectivity index (χ1n) is 3.40. The van der Waals surface area contributed by atoms with Gasteiger partial charge in [-0.15, -0.1) is 0 Å². The highest BCUT2D eigenvalue weighted by Crippen LogP contribution is 2.52. The highest BCUT2D eigenvalue weighted by Gasteiger charge is 2.48. The number of hydrogen-bond acceptors (Lipinski definition) is 3. The maximum absolute atomic E-state index is 10.8. The van der Waals surface area contributed by atoms with Gasteiger partial charge in [-0.1, -0.05) is 41.7 Å². The number of rotatable bonds is 3. The van der Waals surface area contributed by atoms with Gasteiger partial charge in [0.05, 0.1) is 0 Å². The molecule has 0 fully saturated rings. The van der Waals surface area contributed by atoms with Crippen LogP contribution >= 0.6 is 42.4 Å². The van der Waals surface area contributed by atoms with Crippen LogP contribution in [0.3, 0.4) is 0 Å². The minimum atomic E-state index is -4.80. The third-order valence-electron chi connectivity index (χ3n) is 1.12. The number of halogens is 3. The summed E-state index contributed by atoms with van der Waals surface area (Å²) in [6, 6.07) is 0. The van der Waals surface area contributed by atoms with E-state index >= 15 is 0 Å². The van der Waals surface area contributed by atoms with Crippen molar-refractivity contribution in [2.24, 2.45) is 0 Å². The fraction of sp³-hybridized carbons (Fsp3) is 0.800. The quantitative estimate of drug-likeness (QED) is 0.469. The van der Waals surface area contributed by atoms with Gasteiger partial charge in [-0.3, -0.25) is 9.36 Å². The first-order valence-corrected chi connectivity index (χ1v) is 6.22. The average Bonchev–Trinajstić information content (AvgIpc) is 1.95. The molecule has 0 saturated carbocycles. The molecule has 0 aliphatic rings. The van der Waals surface area contributed by atoms with E-state index in [2.05, 4.69) is 4.74 Å². The Labute approximate surface area is 95.4 Å². The molecule has 0 saturated heterocycles. The van der Waals surface area contributed by atoms with Crippen LogP contribution in [0.5, 0.6) is 0 Å². The van der Waals surface area contributed by atoms with E-state index in [1.807, 2.05) is 0 Å².